The molecule has 0 radical (unpaired) electrons. The van der Waals surface area contributed by atoms with Crippen LogP contribution in [0, 0.1) is 5.92 Å². The number of aliphatic hydroxyl groups excluding tert-OH is 1. The number of amides is 4. The van der Waals surface area contributed by atoms with Gasteiger partial charge in [0.2, 0.25) is 0 Å². The number of aliphatic hydroxyl groups is 1. The molecule has 0 aliphatic carbocycles. The van der Waals surface area contributed by atoms with Gasteiger partial charge in [0.15, 0.2) is 0 Å². The summed E-state index contributed by atoms with van der Waals surface area (Å²) in [5, 5.41) is 20.2. The third kappa shape index (κ3) is 6.17. The topological polar surface area (TPSA) is 132 Å². The first kappa shape index (κ1) is 29.3. The number of likely N-dealkylation sites (tertiary alicyclic amines) is 1. The van der Waals surface area contributed by atoms with E-state index in [1.54, 1.807) is 25.7 Å². The highest BCUT2D eigenvalue weighted by Gasteiger charge is 2.52. The van der Waals surface area contributed by atoms with E-state index >= 15 is 0 Å². The van der Waals surface area contributed by atoms with Crippen LogP contribution in [-0.2, 0) is 9.53 Å². The number of hydrogen-bond acceptors (Lipinski definition) is 8. The lowest BCUT2D eigenvalue weighted by Crippen LogP contribution is -2.62. The molecule has 4 heterocycles. The molecular formula is C31H37N5O6S. The van der Waals surface area contributed by atoms with E-state index in [1.165, 1.54) is 16.7 Å². The summed E-state index contributed by atoms with van der Waals surface area (Å²) in [6.07, 6.45) is -0.308. The zero-order valence-corrected chi connectivity index (χ0v) is 25.2. The summed E-state index contributed by atoms with van der Waals surface area (Å²) in [5.74, 6) is 0.972. The van der Waals surface area contributed by atoms with Crippen LogP contribution in [0.1, 0.15) is 33.6 Å². The number of urea groups is 1. The molecule has 4 aliphatic heterocycles. The number of benzene rings is 2. The maximum absolute atomic E-state index is 13.5. The van der Waals surface area contributed by atoms with Crippen LogP contribution >= 0.6 is 11.8 Å². The maximum atomic E-state index is 13.5. The van der Waals surface area contributed by atoms with E-state index in [0.29, 0.717) is 35.9 Å². The molecule has 4 aliphatic rings. The van der Waals surface area contributed by atoms with Crippen LogP contribution in [0.3, 0.4) is 0 Å². The van der Waals surface area contributed by atoms with Crippen molar-refractivity contribution in [2.45, 2.75) is 62.8 Å². The second-order valence-corrected chi connectivity index (χ2v) is 13.3. The first-order chi connectivity index (χ1) is 20.6. The molecule has 5 atom stereocenters. The van der Waals surface area contributed by atoms with Crippen molar-refractivity contribution in [2.24, 2.45) is 5.92 Å². The molecule has 43 heavy (non-hydrogen) atoms. The zero-order chi connectivity index (χ0) is 30.3. The van der Waals surface area contributed by atoms with Gasteiger partial charge >= 0.3 is 12.1 Å². The molecule has 4 amide bonds. The molecular weight excluding hydrogens is 570 g/mol. The predicted molar refractivity (Wildman–Crippen MR) is 163 cm³/mol. The Labute approximate surface area is 255 Å². The Morgan fingerprint density at radius 3 is 2.47 bits per heavy atom. The maximum Gasteiger partial charge on any atom is 0.410 e. The van der Waals surface area contributed by atoms with Gasteiger partial charge < -0.3 is 35.4 Å². The fourth-order valence-electron chi connectivity index (χ4n) is 6.05. The lowest BCUT2D eigenvalue weighted by Gasteiger charge is -2.45. The summed E-state index contributed by atoms with van der Waals surface area (Å²) in [6.45, 7) is 6.50. The van der Waals surface area contributed by atoms with E-state index in [1.807, 2.05) is 54.6 Å². The average molecular weight is 608 g/mol. The van der Waals surface area contributed by atoms with E-state index < -0.39 is 23.8 Å². The van der Waals surface area contributed by atoms with E-state index in [4.69, 9.17) is 9.47 Å². The van der Waals surface area contributed by atoms with Crippen LogP contribution in [0.25, 0.3) is 0 Å². The quantitative estimate of drug-likeness (QED) is 0.404. The molecule has 4 N–H and O–H groups in total. The number of carbonyl (C=O) groups excluding carboxylic acids is 3. The average Bonchev–Trinajstić information content (AvgIpc) is 3.34. The lowest BCUT2D eigenvalue weighted by atomic mass is 9.86. The Morgan fingerprint density at radius 2 is 1.77 bits per heavy atom. The van der Waals surface area contributed by atoms with Gasteiger partial charge in [0.25, 0.3) is 5.91 Å². The number of thioether (sulfide) groups is 1. The van der Waals surface area contributed by atoms with Crippen molar-refractivity contribution in [1.29, 1.82) is 0 Å². The number of hydrogen-bond donors (Lipinski definition) is 4. The molecule has 0 spiro atoms. The number of nitrogens with zero attached hydrogens (tertiary/aromatic N) is 2. The van der Waals surface area contributed by atoms with Gasteiger partial charge in [-0.3, -0.25) is 9.69 Å². The van der Waals surface area contributed by atoms with Gasteiger partial charge in [0.05, 0.1) is 35.0 Å². The number of para-hydroxylation sites is 1. The van der Waals surface area contributed by atoms with Crippen LogP contribution in [0.2, 0.25) is 0 Å². The normalized spacial score (nSPS) is 26.9. The molecule has 0 saturated carbocycles. The van der Waals surface area contributed by atoms with Gasteiger partial charge in [-0.05, 0) is 76.6 Å². The third-order valence-electron chi connectivity index (χ3n) is 7.99. The van der Waals surface area contributed by atoms with Crippen molar-refractivity contribution in [2.75, 3.05) is 24.5 Å². The number of carbonyl (C=O) groups is 3. The second kappa shape index (κ2) is 11.7. The number of nitrogens with one attached hydrogen (secondary N) is 3. The molecule has 3 saturated heterocycles. The molecule has 2 aromatic rings. The molecule has 0 bridgehead atoms. The molecule has 12 heteroatoms. The molecule has 2 aromatic carbocycles. The number of β-amino-alcohol motifs (C(OH)–C–C–N with tert-alkyl or cyclic N) is 1. The van der Waals surface area contributed by atoms with Crippen LogP contribution in [-0.4, -0.2) is 76.8 Å². The fourth-order valence-corrected chi connectivity index (χ4v) is 7.45. The van der Waals surface area contributed by atoms with Crippen molar-refractivity contribution in [3.63, 3.8) is 0 Å². The minimum absolute atomic E-state index is 0.0641. The van der Waals surface area contributed by atoms with Gasteiger partial charge in [-0.25, -0.2) is 9.59 Å². The van der Waals surface area contributed by atoms with E-state index in [9.17, 15) is 19.5 Å². The lowest BCUT2D eigenvalue weighted by molar-refractivity contribution is -0.119. The van der Waals surface area contributed by atoms with Gasteiger partial charge in [-0.2, -0.15) is 0 Å². The summed E-state index contributed by atoms with van der Waals surface area (Å²) < 4.78 is 11.3. The van der Waals surface area contributed by atoms with Crippen molar-refractivity contribution < 1.29 is 29.0 Å². The molecule has 3 fully saturated rings. The molecule has 6 rings (SSSR count). The molecule has 228 valence electrons. The van der Waals surface area contributed by atoms with Crippen LogP contribution in [0.15, 0.2) is 65.2 Å². The number of piperidine rings is 2. The number of anilines is 1. The van der Waals surface area contributed by atoms with E-state index in [-0.39, 0.29) is 35.8 Å². The van der Waals surface area contributed by atoms with Crippen molar-refractivity contribution in [1.82, 2.24) is 20.9 Å². The van der Waals surface area contributed by atoms with E-state index in [0.717, 1.165) is 17.9 Å². The third-order valence-corrected chi connectivity index (χ3v) is 9.35. The minimum atomic E-state index is -0.944. The smallest absolute Gasteiger partial charge is 0.410 e. The Bertz CT molecular complexity index is 1410. The number of rotatable bonds is 5. The summed E-state index contributed by atoms with van der Waals surface area (Å²) >= 11 is 1.41. The van der Waals surface area contributed by atoms with Gasteiger partial charge in [0, 0.05) is 23.8 Å². The number of ether oxygens (including phenoxy) is 2. The molecule has 3 unspecified atom stereocenters. The van der Waals surface area contributed by atoms with Gasteiger partial charge in [-0.15, -0.1) is 0 Å². The van der Waals surface area contributed by atoms with Crippen molar-refractivity contribution in [3.8, 4) is 11.5 Å². The molecule has 11 nitrogen and oxygen atoms in total. The zero-order valence-electron chi connectivity index (χ0n) is 24.4. The van der Waals surface area contributed by atoms with Crippen molar-refractivity contribution in [3.05, 3.63) is 65.2 Å². The predicted octanol–water partition coefficient (Wildman–Crippen LogP) is 3.76. The fraction of sp³-hybridized carbons (Fsp3) is 0.452. The minimum Gasteiger partial charge on any atom is -0.457 e. The highest BCUT2D eigenvalue weighted by atomic mass is 32.2. The largest absolute Gasteiger partial charge is 0.457 e. The Kier molecular flexibility index (Phi) is 8.01. The Morgan fingerprint density at radius 1 is 1.05 bits per heavy atom. The summed E-state index contributed by atoms with van der Waals surface area (Å²) in [6, 6.07) is 16.0. The second-order valence-electron chi connectivity index (χ2n) is 12.2. The van der Waals surface area contributed by atoms with Crippen LogP contribution in [0.4, 0.5) is 15.3 Å². The van der Waals surface area contributed by atoms with Gasteiger partial charge in [-0.1, -0.05) is 30.0 Å². The molecule has 0 aromatic heterocycles. The van der Waals surface area contributed by atoms with E-state index in [2.05, 4.69) is 16.0 Å². The summed E-state index contributed by atoms with van der Waals surface area (Å²) in [4.78, 5) is 43.2. The van der Waals surface area contributed by atoms with Crippen LogP contribution < -0.4 is 25.6 Å². The van der Waals surface area contributed by atoms with Crippen molar-refractivity contribution >= 4 is 35.5 Å². The van der Waals surface area contributed by atoms with Crippen LogP contribution in [0.5, 0.6) is 11.5 Å². The monoisotopic (exact) mass is 607 g/mol. The highest BCUT2D eigenvalue weighted by Crippen LogP contribution is 2.48. The SMILES string of the molecule is CC(C)(C)OC(=O)N1CC[C@@H](NC(=O)C2=C3NC(=O)N(c4ccc(Oc5ccccc5)cc4)C4CCNC(S2)C34)[C@H](O)C1. The highest BCUT2D eigenvalue weighted by molar-refractivity contribution is 8.04. The Balaban J connectivity index is 1.14. The summed E-state index contributed by atoms with van der Waals surface area (Å²) in [7, 11) is 0. The first-order valence-electron chi connectivity index (χ1n) is 14.6. The Hall–Kier alpha value is -3.74. The summed E-state index contributed by atoms with van der Waals surface area (Å²) in [5.41, 5.74) is 0.741. The first-order valence-corrected chi connectivity index (χ1v) is 15.5. The standard InChI is InChI=1S/C31H37N5O6S/c1-31(2,3)42-30(40)35-16-14-21(23(37)17-35)33-27(38)26-25-24-22(13-15-32-28(24)43-26)36(29(39)34-25)18-9-11-20(12-10-18)41-19-7-5-4-6-8-19/h4-12,21-24,28,32,37H,13-17H2,1-3H3,(H,33,38)(H,34,39)/t21-,22?,23-,24?,28?/m1/s1. The van der Waals surface area contributed by atoms with Gasteiger partial charge in [0.1, 0.15) is 17.1 Å².